The molecule has 0 bridgehead atoms. The van der Waals surface area contributed by atoms with E-state index in [0.29, 0.717) is 30.3 Å². The molecule has 5 nitrogen and oxygen atoms in total. The zero-order valence-electron chi connectivity index (χ0n) is 12.7. The second-order valence-corrected chi connectivity index (χ2v) is 4.69. The van der Waals surface area contributed by atoms with Gasteiger partial charge >= 0.3 is 0 Å². The number of rotatable bonds is 4. The molecular weight excluding hydrogens is 300 g/mol. The smallest absolute Gasteiger partial charge is 0.254 e. The molecule has 118 valence electrons. The van der Waals surface area contributed by atoms with Crippen LogP contribution in [-0.4, -0.2) is 28.9 Å². The van der Waals surface area contributed by atoms with E-state index in [0.717, 1.165) is 11.1 Å². The van der Waals surface area contributed by atoms with E-state index in [1.54, 1.807) is 17.0 Å². The highest BCUT2D eigenvalue weighted by Crippen LogP contribution is 2.29. The summed E-state index contributed by atoms with van der Waals surface area (Å²) in [5, 5.41) is 0. The van der Waals surface area contributed by atoms with Gasteiger partial charge in [0.25, 0.3) is 5.91 Å². The lowest BCUT2D eigenvalue weighted by Gasteiger charge is -2.20. The van der Waals surface area contributed by atoms with Crippen LogP contribution in [0.4, 0.5) is 11.6 Å². The number of nitrogen functional groups attached to an aromatic ring is 2. The van der Waals surface area contributed by atoms with Crippen molar-refractivity contribution >= 4 is 29.9 Å². The number of carbonyl (C=O) groups excluding carboxylic acids is 1. The molecule has 0 saturated heterocycles. The van der Waals surface area contributed by atoms with Gasteiger partial charge in [-0.3, -0.25) is 4.79 Å². The van der Waals surface area contributed by atoms with Crippen LogP contribution in [0.15, 0.2) is 36.4 Å². The molecule has 2 rings (SSSR count). The van der Waals surface area contributed by atoms with E-state index < -0.39 is 0 Å². The van der Waals surface area contributed by atoms with Crippen LogP contribution in [0, 0.1) is 0 Å². The van der Waals surface area contributed by atoms with Gasteiger partial charge in [-0.25, -0.2) is 4.98 Å². The maximum Gasteiger partial charge on any atom is 0.254 e. The number of nitrogens with two attached hydrogens (primary N) is 2. The quantitative estimate of drug-likeness (QED) is 0.907. The highest BCUT2D eigenvalue weighted by atomic mass is 35.5. The van der Waals surface area contributed by atoms with Crippen molar-refractivity contribution in [2.45, 2.75) is 13.8 Å². The predicted octanol–water partition coefficient (Wildman–Crippen LogP) is 2.82. The van der Waals surface area contributed by atoms with E-state index in [2.05, 4.69) is 4.98 Å². The first kappa shape index (κ1) is 17.8. The lowest BCUT2D eigenvalue weighted by Crippen LogP contribution is -2.30. The van der Waals surface area contributed by atoms with Gasteiger partial charge in [0, 0.05) is 24.2 Å². The summed E-state index contributed by atoms with van der Waals surface area (Å²) in [4.78, 5) is 18.5. The molecule has 0 unspecified atom stereocenters. The van der Waals surface area contributed by atoms with Gasteiger partial charge in [-0.05, 0) is 37.6 Å². The van der Waals surface area contributed by atoms with Gasteiger partial charge in [-0.15, -0.1) is 12.4 Å². The van der Waals surface area contributed by atoms with E-state index in [1.807, 2.05) is 38.1 Å². The number of hydrogen-bond donors (Lipinski definition) is 2. The molecule has 22 heavy (non-hydrogen) atoms. The SMILES string of the molecule is CCN(CC)C(=O)c1ccccc1-c1ccc(N)nc1N.Cl. The third kappa shape index (κ3) is 3.49. The van der Waals surface area contributed by atoms with Crippen LogP contribution in [-0.2, 0) is 0 Å². The Morgan fingerprint density at radius 1 is 1.05 bits per heavy atom. The highest BCUT2D eigenvalue weighted by Gasteiger charge is 2.18. The van der Waals surface area contributed by atoms with Crippen molar-refractivity contribution in [3.63, 3.8) is 0 Å². The van der Waals surface area contributed by atoms with Crippen LogP contribution in [0.3, 0.4) is 0 Å². The maximum atomic E-state index is 12.6. The minimum Gasteiger partial charge on any atom is -0.384 e. The standard InChI is InChI=1S/C16H20N4O.ClH/c1-3-20(4-2)16(21)13-8-6-5-7-11(13)12-9-10-14(17)19-15(12)18;/h5-10H,3-4H2,1-2H3,(H4,17,18,19);1H. The summed E-state index contributed by atoms with van der Waals surface area (Å²) in [5.74, 6) is 0.686. The minimum absolute atomic E-state index is 0. The average Bonchev–Trinajstić information content (AvgIpc) is 2.48. The number of nitrogens with zero attached hydrogens (tertiary/aromatic N) is 2. The number of anilines is 2. The maximum absolute atomic E-state index is 12.6. The molecule has 0 spiro atoms. The van der Waals surface area contributed by atoms with E-state index in [-0.39, 0.29) is 18.3 Å². The molecule has 1 aromatic carbocycles. The van der Waals surface area contributed by atoms with Crippen molar-refractivity contribution in [2.24, 2.45) is 0 Å². The van der Waals surface area contributed by atoms with E-state index in [1.165, 1.54) is 0 Å². The summed E-state index contributed by atoms with van der Waals surface area (Å²) in [6.45, 7) is 5.25. The molecule has 1 heterocycles. The van der Waals surface area contributed by atoms with Gasteiger partial charge in [0.2, 0.25) is 0 Å². The Labute approximate surface area is 136 Å². The Morgan fingerprint density at radius 3 is 2.27 bits per heavy atom. The molecule has 0 aliphatic carbocycles. The molecule has 2 aromatic rings. The van der Waals surface area contributed by atoms with Crippen LogP contribution in [0.2, 0.25) is 0 Å². The fourth-order valence-corrected chi connectivity index (χ4v) is 2.30. The molecule has 0 radical (unpaired) electrons. The highest BCUT2D eigenvalue weighted by molar-refractivity contribution is 6.02. The normalized spacial score (nSPS) is 9.91. The van der Waals surface area contributed by atoms with Gasteiger partial charge < -0.3 is 16.4 Å². The monoisotopic (exact) mass is 320 g/mol. The van der Waals surface area contributed by atoms with Crippen LogP contribution in [0.25, 0.3) is 11.1 Å². The lowest BCUT2D eigenvalue weighted by atomic mass is 9.99. The molecule has 0 fully saturated rings. The van der Waals surface area contributed by atoms with Gasteiger partial charge in [0.05, 0.1) is 0 Å². The van der Waals surface area contributed by atoms with Crippen molar-refractivity contribution in [1.82, 2.24) is 9.88 Å². The van der Waals surface area contributed by atoms with Gasteiger partial charge in [-0.1, -0.05) is 18.2 Å². The number of halogens is 1. The molecule has 4 N–H and O–H groups in total. The molecule has 0 aliphatic heterocycles. The van der Waals surface area contributed by atoms with Crippen molar-refractivity contribution < 1.29 is 4.79 Å². The molecule has 0 atom stereocenters. The first-order valence-electron chi connectivity index (χ1n) is 6.99. The van der Waals surface area contributed by atoms with Crippen molar-refractivity contribution in [2.75, 3.05) is 24.6 Å². The summed E-state index contributed by atoms with van der Waals surface area (Å²) in [6.07, 6.45) is 0. The number of benzene rings is 1. The number of hydrogen-bond acceptors (Lipinski definition) is 4. The Hall–Kier alpha value is -2.27. The Balaban J connectivity index is 0.00000242. The molecular formula is C16H21ClN4O. The third-order valence-electron chi connectivity index (χ3n) is 3.44. The number of aromatic nitrogens is 1. The summed E-state index contributed by atoms with van der Waals surface area (Å²) < 4.78 is 0. The predicted molar refractivity (Wildman–Crippen MR) is 93.0 cm³/mol. The van der Waals surface area contributed by atoms with Gasteiger partial charge in [0.15, 0.2) is 0 Å². The number of carbonyl (C=O) groups is 1. The summed E-state index contributed by atoms with van der Waals surface area (Å²) in [5.41, 5.74) is 13.7. The fourth-order valence-electron chi connectivity index (χ4n) is 2.30. The summed E-state index contributed by atoms with van der Waals surface area (Å²) in [7, 11) is 0. The average molecular weight is 321 g/mol. The molecule has 6 heteroatoms. The summed E-state index contributed by atoms with van der Waals surface area (Å²) in [6, 6.07) is 10.9. The largest absolute Gasteiger partial charge is 0.384 e. The lowest BCUT2D eigenvalue weighted by molar-refractivity contribution is 0.0774. The minimum atomic E-state index is -0.00757. The molecule has 1 amide bonds. The first-order chi connectivity index (χ1) is 10.1. The summed E-state index contributed by atoms with van der Waals surface area (Å²) >= 11 is 0. The van der Waals surface area contributed by atoms with Crippen LogP contribution < -0.4 is 11.5 Å². The second-order valence-electron chi connectivity index (χ2n) is 4.69. The zero-order chi connectivity index (χ0) is 15.4. The Kier molecular flexibility index (Phi) is 6.19. The Morgan fingerprint density at radius 2 is 1.68 bits per heavy atom. The van der Waals surface area contributed by atoms with Crippen LogP contribution >= 0.6 is 12.4 Å². The van der Waals surface area contributed by atoms with Crippen molar-refractivity contribution in [1.29, 1.82) is 0 Å². The Bertz CT molecular complexity index is 656. The van der Waals surface area contributed by atoms with E-state index in [9.17, 15) is 4.79 Å². The van der Waals surface area contributed by atoms with Crippen LogP contribution in [0.5, 0.6) is 0 Å². The van der Waals surface area contributed by atoms with Gasteiger partial charge in [-0.2, -0.15) is 0 Å². The topological polar surface area (TPSA) is 85.2 Å². The molecule has 1 aromatic heterocycles. The molecule has 0 aliphatic rings. The zero-order valence-corrected chi connectivity index (χ0v) is 13.6. The molecule has 0 saturated carbocycles. The fraction of sp³-hybridized carbons (Fsp3) is 0.250. The van der Waals surface area contributed by atoms with Crippen molar-refractivity contribution in [3.8, 4) is 11.1 Å². The number of pyridine rings is 1. The second kappa shape index (κ2) is 7.66. The van der Waals surface area contributed by atoms with Crippen molar-refractivity contribution in [3.05, 3.63) is 42.0 Å². The van der Waals surface area contributed by atoms with E-state index in [4.69, 9.17) is 11.5 Å². The van der Waals surface area contributed by atoms with Gasteiger partial charge in [0.1, 0.15) is 11.6 Å². The number of amides is 1. The van der Waals surface area contributed by atoms with Crippen LogP contribution in [0.1, 0.15) is 24.2 Å². The van der Waals surface area contributed by atoms with E-state index >= 15 is 0 Å². The first-order valence-corrected chi connectivity index (χ1v) is 6.99. The third-order valence-corrected chi connectivity index (χ3v) is 3.44.